The Morgan fingerprint density at radius 3 is 2.48 bits per heavy atom. The molecular weight excluding hydrogens is 368 g/mol. The van der Waals surface area contributed by atoms with Gasteiger partial charge in [-0.2, -0.15) is 10.1 Å². The molecule has 1 atom stereocenters. The van der Waals surface area contributed by atoms with Gasteiger partial charge >= 0.3 is 0 Å². The molecule has 1 saturated heterocycles. The number of benzene rings is 1. The molecule has 152 valence electrons. The summed E-state index contributed by atoms with van der Waals surface area (Å²) >= 11 is 0. The SMILES string of the molecule is Cc1ccc(-c2noc(C(C)N3CCN(C(=O)Cn4cc(C)cn4)CC3)n2)cc1. The van der Waals surface area contributed by atoms with Crippen LogP contribution in [0.4, 0.5) is 0 Å². The molecule has 0 radical (unpaired) electrons. The van der Waals surface area contributed by atoms with Gasteiger partial charge < -0.3 is 9.42 Å². The van der Waals surface area contributed by atoms with Crippen molar-refractivity contribution in [3.05, 3.63) is 53.7 Å². The third-order valence-electron chi connectivity index (χ3n) is 5.38. The molecule has 1 aliphatic heterocycles. The summed E-state index contributed by atoms with van der Waals surface area (Å²) in [5, 5.41) is 8.33. The molecule has 0 aliphatic carbocycles. The van der Waals surface area contributed by atoms with Crippen LogP contribution in [0.1, 0.15) is 30.0 Å². The third-order valence-corrected chi connectivity index (χ3v) is 5.38. The Bertz CT molecular complexity index is 969. The molecule has 0 saturated carbocycles. The highest BCUT2D eigenvalue weighted by atomic mass is 16.5. The van der Waals surface area contributed by atoms with Crippen molar-refractivity contribution in [1.82, 2.24) is 29.7 Å². The van der Waals surface area contributed by atoms with E-state index in [1.807, 2.05) is 49.2 Å². The van der Waals surface area contributed by atoms with Gasteiger partial charge in [-0.05, 0) is 26.3 Å². The van der Waals surface area contributed by atoms with Gasteiger partial charge in [-0.25, -0.2) is 0 Å². The van der Waals surface area contributed by atoms with Crippen LogP contribution in [0.2, 0.25) is 0 Å². The van der Waals surface area contributed by atoms with Gasteiger partial charge in [-0.3, -0.25) is 14.4 Å². The minimum absolute atomic E-state index is 0.00714. The van der Waals surface area contributed by atoms with Gasteiger partial charge in [0.05, 0.1) is 12.2 Å². The van der Waals surface area contributed by atoms with Crippen molar-refractivity contribution < 1.29 is 9.32 Å². The smallest absolute Gasteiger partial charge is 0.244 e. The number of carbonyl (C=O) groups excluding carboxylic acids is 1. The minimum Gasteiger partial charge on any atom is -0.339 e. The average molecular weight is 394 g/mol. The summed E-state index contributed by atoms with van der Waals surface area (Å²) in [6.07, 6.45) is 3.65. The summed E-state index contributed by atoms with van der Waals surface area (Å²) in [6.45, 7) is 9.28. The first-order chi connectivity index (χ1) is 14.0. The Labute approximate surface area is 170 Å². The van der Waals surface area contributed by atoms with Crippen LogP contribution in [0.15, 0.2) is 41.2 Å². The van der Waals surface area contributed by atoms with E-state index in [0.717, 1.165) is 24.2 Å². The monoisotopic (exact) mass is 394 g/mol. The normalized spacial score (nSPS) is 16.2. The maximum atomic E-state index is 12.5. The molecular formula is C21H26N6O2. The van der Waals surface area contributed by atoms with Gasteiger partial charge in [0.25, 0.3) is 0 Å². The van der Waals surface area contributed by atoms with Crippen LogP contribution in [0, 0.1) is 13.8 Å². The Morgan fingerprint density at radius 2 is 1.83 bits per heavy atom. The molecule has 1 amide bonds. The fraction of sp³-hybridized carbons (Fsp3) is 0.429. The van der Waals surface area contributed by atoms with Crippen molar-refractivity contribution in [1.29, 1.82) is 0 Å². The Balaban J connectivity index is 1.33. The Kier molecular flexibility index (Phi) is 5.44. The lowest BCUT2D eigenvalue weighted by Crippen LogP contribution is -2.50. The summed E-state index contributed by atoms with van der Waals surface area (Å²) in [5.41, 5.74) is 3.20. The van der Waals surface area contributed by atoms with Crippen molar-refractivity contribution >= 4 is 5.91 Å². The molecule has 8 heteroatoms. The summed E-state index contributed by atoms with van der Waals surface area (Å²) < 4.78 is 7.22. The molecule has 1 aromatic carbocycles. The van der Waals surface area contributed by atoms with Gasteiger partial charge in [0.15, 0.2) is 0 Å². The maximum Gasteiger partial charge on any atom is 0.244 e. The first kappa shape index (κ1) is 19.3. The first-order valence-corrected chi connectivity index (χ1v) is 9.91. The fourth-order valence-electron chi connectivity index (χ4n) is 3.53. The number of aryl methyl sites for hydroxylation is 2. The second-order valence-electron chi connectivity index (χ2n) is 7.63. The molecule has 29 heavy (non-hydrogen) atoms. The van der Waals surface area contributed by atoms with Gasteiger partial charge in [0.2, 0.25) is 17.6 Å². The van der Waals surface area contributed by atoms with Crippen LogP contribution in [0.25, 0.3) is 11.4 Å². The lowest BCUT2D eigenvalue weighted by atomic mass is 10.1. The van der Waals surface area contributed by atoms with Crippen molar-refractivity contribution in [3.8, 4) is 11.4 Å². The quantitative estimate of drug-likeness (QED) is 0.661. The second kappa shape index (κ2) is 8.16. The molecule has 3 heterocycles. The van der Waals surface area contributed by atoms with Crippen LogP contribution in [-0.4, -0.2) is 61.8 Å². The molecule has 0 bridgehead atoms. The Morgan fingerprint density at radius 1 is 1.10 bits per heavy atom. The van der Waals surface area contributed by atoms with Crippen molar-refractivity contribution in [2.24, 2.45) is 0 Å². The summed E-state index contributed by atoms with van der Waals surface area (Å²) in [6, 6.07) is 8.08. The van der Waals surface area contributed by atoms with Crippen molar-refractivity contribution in [3.63, 3.8) is 0 Å². The van der Waals surface area contributed by atoms with Gasteiger partial charge in [-0.1, -0.05) is 35.0 Å². The average Bonchev–Trinajstić information content (AvgIpc) is 3.37. The molecule has 0 spiro atoms. The van der Waals surface area contributed by atoms with Crippen molar-refractivity contribution in [2.75, 3.05) is 26.2 Å². The van der Waals surface area contributed by atoms with Gasteiger partial charge in [0, 0.05) is 37.9 Å². The lowest BCUT2D eigenvalue weighted by Gasteiger charge is -2.36. The number of nitrogens with zero attached hydrogens (tertiary/aromatic N) is 6. The first-order valence-electron chi connectivity index (χ1n) is 9.91. The minimum atomic E-state index is 0.00714. The van der Waals surface area contributed by atoms with Gasteiger partial charge in [-0.15, -0.1) is 0 Å². The van der Waals surface area contributed by atoms with E-state index in [1.165, 1.54) is 5.56 Å². The molecule has 1 unspecified atom stereocenters. The number of aromatic nitrogens is 4. The van der Waals surface area contributed by atoms with E-state index in [-0.39, 0.29) is 18.5 Å². The van der Waals surface area contributed by atoms with Crippen LogP contribution in [0.5, 0.6) is 0 Å². The van der Waals surface area contributed by atoms with Crippen LogP contribution >= 0.6 is 0 Å². The van der Waals surface area contributed by atoms with E-state index >= 15 is 0 Å². The standard InChI is InChI=1S/C21H26N6O2/c1-15-4-6-18(7-5-15)20-23-21(29-24-20)17(3)25-8-10-26(11-9-25)19(28)14-27-13-16(2)12-22-27/h4-7,12-13,17H,8-11,14H2,1-3H3. The van der Waals surface area contributed by atoms with E-state index < -0.39 is 0 Å². The highest BCUT2D eigenvalue weighted by Crippen LogP contribution is 2.23. The van der Waals surface area contributed by atoms with E-state index in [2.05, 4.69) is 27.1 Å². The topological polar surface area (TPSA) is 80.3 Å². The zero-order chi connectivity index (χ0) is 20.4. The molecule has 1 aliphatic rings. The van der Waals surface area contributed by atoms with E-state index in [1.54, 1.807) is 10.9 Å². The number of hydrogen-bond donors (Lipinski definition) is 0. The highest BCUT2D eigenvalue weighted by molar-refractivity contribution is 5.76. The van der Waals surface area contributed by atoms with E-state index in [9.17, 15) is 4.79 Å². The number of hydrogen-bond acceptors (Lipinski definition) is 6. The molecule has 2 aromatic heterocycles. The molecule has 3 aromatic rings. The second-order valence-corrected chi connectivity index (χ2v) is 7.63. The Hall–Kier alpha value is -3.00. The molecule has 1 fully saturated rings. The molecule has 8 nitrogen and oxygen atoms in total. The molecule has 0 N–H and O–H groups in total. The van der Waals surface area contributed by atoms with Crippen LogP contribution in [0.3, 0.4) is 0 Å². The third kappa shape index (κ3) is 4.37. The number of rotatable bonds is 5. The predicted octanol–water partition coefficient (Wildman–Crippen LogP) is 2.46. The maximum absolute atomic E-state index is 12.5. The largest absolute Gasteiger partial charge is 0.339 e. The molecule has 4 rings (SSSR count). The summed E-state index contributed by atoms with van der Waals surface area (Å²) in [5.74, 6) is 1.31. The van der Waals surface area contributed by atoms with E-state index in [0.29, 0.717) is 24.8 Å². The van der Waals surface area contributed by atoms with Crippen LogP contribution < -0.4 is 0 Å². The fourth-order valence-corrected chi connectivity index (χ4v) is 3.53. The summed E-state index contributed by atoms with van der Waals surface area (Å²) in [7, 11) is 0. The zero-order valence-electron chi connectivity index (χ0n) is 17.1. The number of piperazine rings is 1. The van der Waals surface area contributed by atoms with Crippen LogP contribution in [-0.2, 0) is 11.3 Å². The van der Waals surface area contributed by atoms with Crippen molar-refractivity contribution in [2.45, 2.75) is 33.4 Å². The highest BCUT2D eigenvalue weighted by Gasteiger charge is 2.27. The summed E-state index contributed by atoms with van der Waals surface area (Å²) in [4.78, 5) is 21.3. The predicted molar refractivity (Wildman–Crippen MR) is 108 cm³/mol. The van der Waals surface area contributed by atoms with Gasteiger partial charge in [0.1, 0.15) is 6.54 Å². The zero-order valence-corrected chi connectivity index (χ0v) is 17.1. The number of carbonyl (C=O) groups is 1. The lowest BCUT2D eigenvalue weighted by molar-refractivity contribution is -0.134. The van der Waals surface area contributed by atoms with E-state index in [4.69, 9.17) is 4.52 Å². The number of amides is 1.